The van der Waals surface area contributed by atoms with Crippen molar-refractivity contribution in [1.29, 1.82) is 0 Å². The second-order valence-electron chi connectivity index (χ2n) is 1.77. The molecule has 9 heavy (non-hydrogen) atoms. The van der Waals surface area contributed by atoms with Crippen LogP contribution in [0.15, 0.2) is 0 Å². The van der Waals surface area contributed by atoms with E-state index in [-0.39, 0.29) is 6.67 Å². The summed E-state index contributed by atoms with van der Waals surface area (Å²) in [5.41, 5.74) is 5.20. The van der Waals surface area contributed by atoms with Crippen molar-refractivity contribution in [2.75, 3.05) is 19.5 Å². The number of hydrogen-bond acceptors (Lipinski definition) is 4. The van der Waals surface area contributed by atoms with Crippen LogP contribution in [0.5, 0.6) is 0 Å². The molecule has 0 aliphatic carbocycles. The van der Waals surface area contributed by atoms with Gasteiger partial charge in [0.05, 0.1) is 6.67 Å². The SMILES string of the molecule is CCN(CN)S(C)(O)O. The van der Waals surface area contributed by atoms with E-state index >= 15 is 0 Å². The molecule has 0 radical (unpaired) electrons. The fourth-order valence-electron chi connectivity index (χ4n) is 0.515. The van der Waals surface area contributed by atoms with Crippen LogP contribution < -0.4 is 5.73 Å². The summed E-state index contributed by atoms with van der Waals surface area (Å²) in [5.74, 6) is 0. The largest absolute Gasteiger partial charge is 0.317 e. The maximum absolute atomic E-state index is 8.96. The maximum Gasteiger partial charge on any atom is 0.0642 e. The molecule has 0 unspecified atom stereocenters. The van der Waals surface area contributed by atoms with Gasteiger partial charge in [-0.3, -0.25) is 9.11 Å². The molecular weight excluding hydrogens is 140 g/mol. The normalized spacial score (nSPS) is 14.4. The topological polar surface area (TPSA) is 69.7 Å². The molecule has 0 spiro atoms. The summed E-state index contributed by atoms with van der Waals surface area (Å²) in [6.45, 7) is 2.58. The van der Waals surface area contributed by atoms with Crippen molar-refractivity contribution in [2.45, 2.75) is 6.92 Å². The maximum atomic E-state index is 8.96. The first-order valence-corrected chi connectivity index (χ1v) is 4.62. The highest BCUT2D eigenvalue weighted by Crippen LogP contribution is 2.36. The van der Waals surface area contributed by atoms with Crippen LogP contribution in [0.4, 0.5) is 0 Å². The lowest BCUT2D eigenvalue weighted by Crippen LogP contribution is -2.31. The van der Waals surface area contributed by atoms with E-state index in [4.69, 9.17) is 14.8 Å². The minimum atomic E-state index is -2.56. The first-order chi connectivity index (χ1) is 4.02. The van der Waals surface area contributed by atoms with Gasteiger partial charge in [-0.15, -0.1) is 10.8 Å². The Morgan fingerprint density at radius 1 is 1.56 bits per heavy atom. The van der Waals surface area contributed by atoms with Gasteiger partial charge in [0.15, 0.2) is 0 Å². The molecule has 0 aromatic rings. The van der Waals surface area contributed by atoms with Gasteiger partial charge in [-0.2, -0.15) is 4.31 Å². The molecule has 4 N–H and O–H groups in total. The summed E-state index contributed by atoms with van der Waals surface area (Å²) in [4.78, 5) is 0. The molecule has 0 heterocycles. The summed E-state index contributed by atoms with van der Waals surface area (Å²) in [7, 11) is -2.56. The summed E-state index contributed by atoms with van der Waals surface area (Å²) in [6, 6.07) is 0. The molecular formula is C4H14N2O2S. The molecule has 0 atom stereocenters. The molecule has 0 aromatic heterocycles. The van der Waals surface area contributed by atoms with Gasteiger partial charge in [-0.1, -0.05) is 6.92 Å². The summed E-state index contributed by atoms with van der Waals surface area (Å²) in [6.07, 6.45) is 1.36. The monoisotopic (exact) mass is 154 g/mol. The predicted molar refractivity (Wildman–Crippen MR) is 40.2 cm³/mol. The van der Waals surface area contributed by atoms with Gasteiger partial charge >= 0.3 is 0 Å². The van der Waals surface area contributed by atoms with Gasteiger partial charge < -0.3 is 5.73 Å². The Bertz CT molecular complexity index is 79.1. The van der Waals surface area contributed by atoms with Crippen LogP contribution in [0.1, 0.15) is 6.92 Å². The number of nitrogens with two attached hydrogens (primary N) is 1. The van der Waals surface area contributed by atoms with Gasteiger partial charge in [0, 0.05) is 12.8 Å². The Balaban J connectivity index is 3.79. The smallest absolute Gasteiger partial charge is 0.0642 e. The van der Waals surface area contributed by atoms with Crippen LogP contribution in [-0.2, 0) is 0 Å². The van der Waals surface area contributed by atoms with Crippen LogP contribution in [0.25, 0.3) is 0 Å². The van der Waals surface area contributed by atoms with E-state index in [0.29, 0.717) is 6.54 Å². The molecule has 0 amide bonds. The van der Waals surface area contributed by atoms with E-state index in [2.05, 4.69) is 0 Å². The van der Waals surface area contributed by atoms with E-state index in [1.165, 1.54) is 10.6 Å². The molecule has 0 rings (SSSR count). The molecule has 0 bridgehead atoms. The zero-order valence-corrected chi connectivity index (χ0v) is 6.56. The molecule has 0 aromatic carbocycles. The number of rotatable bonds is 3. The Labute approximate surface area is 57.1 Å². The highest BCUT2D eigenvalue weighted by Gasteiger charge is 2.11. The van der Waals surface area contributed by atoms with Gasteiger partial charge in [-0.05, 0) is 0 Å². The highest BCUT2D eigenvalue weighted by molar-refractivity contribution is 8.21. The Morgan fingerprint density at radius 2 is 2.00 bits per heavy atom. The van der Waals surface area contributed by atoms with E-state index in [9.17, 15) is 0 Å². The number of hydrogen-bond donors (Lipinski definition) is 3. The Kier molecular flexibility index (Phi) is 3.45. The van der Waals surface area contributed by atoms with Crippen LogP contribution >= 0.6 is 10.8 Å². The lowest BCUT2D eigenvalue weighted by atomic mass is 10.8. The molecule has 58 valence electrons. The summed E-state index contributed by atoms with van der Waals surface area (Å²) >= 11 is 0. The third kappa shape index (κ3) is 3.02. The number of nitrogens with zero attached hydrogens (tertiary/aromatic N) is 1. The molecule has 0 aliphatic rings. The molecule has 4 nitrogen and oxygen atoms in total. The minimum absolute atomic E-state index is 0.190. The van der Waals surface area contributed by atoms with Crippen LogP contribution in [0, 0.1) is 0 Å². The molecule has 0 saturated carbocycles. The van der Waals surface area contributed by atoms with Gasteiger partial charge in [0.25, 0.3) is 0 Å². The van der Waals surface area contributed by atoms with Crippen LogP contribution in [-0.4, -0.2) is 32.9 Å². The van der Waals surface area contributed by atoms with E-state index < -0.39 is 10.8 Å². The second-order valence-corrected chi connectivity index (χ2v) is 3.88. The lowest BCUT2D eigenvalue weighted by molar-refractivity contribution is 0.369. The van der Waals surface area contributed by atoms with Crippen molar-refractivity contribution in [3.05, 3.63) is 0 Å². The lowest BCUT2D eigenvalue weighted by Gasteiger charge is -2.37. The van der Waals surface area contributed by atoms with Crippen molar-refractivity contribution in [3.8, 4) is 0 Å². The van der Waals surface area contributed by atoms with Crippen LogP contribution in [0.3, 0.4) is 0 Å². The van der Waals surface area contributed by atoms with Crippen molar-refractivity contribution < 1.29 is 9.11 Å². The standard InChI is InChI=1S/C4H14N2O2S/c1-3-6(4-5)9(2,7)8/h7-8H,3-5H2,1-2H3. The van der Waals surface area contributed by atoms with Gasteiger partial charge in [-0.25, -0.2) is 0 Å². The van der Waals surface area contributed by atoms with Crippen molar-refractivity contribution in [1.82, 2.24) is 4.31 Å². The van der Waals surface area contributed by atoms with Crippen molar-refractivity contribution in [2.24, 2.45) is 5.73 Å². The zero-order chi connectivity index (χ0) is 7.49. The fourth-order valence-corrected chi connectivity index (χ4v) is 1.29. The molecule has 0 saturated heterocycles. The van der Waals surface area contributed by atoms with Crippen molar-refractivity contribution >= 4 is 10.8 Å². The van der Waals surface area contributed by atoms with Gasteiger partial charge in [0.1, 0.15) is 0 Å². The minimum Gasteiger partial charge on any atom is -0.317 e. The third-order valence-corrected chi connectivity index (χ3v) is 2.43. The quantitative estimate of drug-likeness (QED) is 0.518. The van der Waals surface area contributed by atoms with Crippen LogP contribution in [0.2, 0.25) is 0 Å². The molecule has 0 fully saturated rings. The Hall–Kier alpha value is 0.190. The average molecular weight is 154 g/mol. The summed E-state index contributed by atoms with van der Waals surface area (Å²) < 4.78 is 19.3. The predicted octanol–water partition coefficient (Wildman–Crippen LogP) is 0.520. The molecule has 0 aliphatic heterocycles. The fraction of sp³-hybridized carbons (Fsp3) is 1.00. The third-order valence-electron chi connectivity index (χ3n) is 1.05. The van der Waals surface area contributed by atoms with Gasteiger partial charge in [0.2, 0.25) is 0 Å². The zero-order valence-electron chi connectivity index (χ0n) is 5.74. The highest BCUT2D eigenvalue weighted by atomic mass is 32.3. The van der Waals surface area contributed by atoms with E-state index in [0.717, 1.165) is 0 Å². The second kappa shape index (κ2) is 3.38. The average Bonchev–Trinajstić information content (AvgIpc) is 1.65. The first-order valence-electron chi connectivity index (χ1n) is 2.70. The summed E-state index contributed by atoms with van der Waals surface area (Å²) in [5, 5.41) is 0. The molecule has 5 heteroatoms. The Morgan fingerprint density at radius 3 is 2.00 bits per heavy atom. The van der Waals surface area contributed by atoms with Crippen molar-refractivity contribution in [3.63, 3.8) is 0 Å². The van der Waals surface area contributed by atoms with E-state index in [1.807, 2.05) is 6.92 Å². The first kappa shape index (κ1) is 9.19. The van der Waals surface area contributed by atoms with E-state index in [1.54, 1.807) is 0 Å².